The van der Waals surface area contributed by atoms with E-state index in [-0.39, 0.29) is 10.8 Å². The van der Waals surface area contributed by atoms with Crippen molar-refractivity contribution in [2.75, 3.05) is 19.3 Å². The quantitative estimate of drug-likeness (QED) is 0.752. The second-order valence-corrected chi connectivity index (χ2v) is 9.60. The average Bonchev–Trinajstić information content (AvgIpc) is 3.12. The Bertz CT molecular complexity index is 938. The molecular formula is C18H21FN2O3S2. The zero-order chi connectivity index (χ0) is 18.9. The summed E-state index contributed by atoms with van der Waals surface area (Å²) >= 11 is 1.49. The number of amides is 1. The molecule has 26 heavy (non-hydrogen) atoms. The minimum Gasteiger partial charge on any atom is -0.343 e. The summed E-state index contributed by atoms with van der Waals surface area (Å²) in [6.45, 7) is 3.44. The van der Waals surface area contributed by atoms with E-state index in [1.165, 1.54) is 23.5 Å². The van der Waals surface area contributed by atoms with Crippen LogP contribution in [0.1, 0.15) is 30.0 Å². The monoisotopic (exact) mass is 396 g/mol. The Labute approximate surface area is 156 Å². The van der Waals surface area contributed by atoms with Crippen LogP contribution in [-0.2, 0) is 21.1 Å². The number of thiazole rings is 1. The molecule has 1 aliphatic heterocycles. The first-order valence-electron chi connectivity index (χ1n) is 8.50. The molecule has 0 N–H and O–H groups in total. The fourth-order valence-electron chi connectivity index (χ4n) is 3.13. The molecule has 1 fully saturated rings. The number of aryl methyl sites for hydroxylation is 2. The van der Waals surface area contributed by atoms with E-state index in [0.29, 0.717) is 12.0 Å². The van der Waals surface area contributed by atoms with Gasteiger partial charge < -0.3 is 4.90 Å². The number of benzene rings is 1. The molecule has 0 aliphatic carbocycles. The smallest absolute Gasteiger partial charge is 0.222 e. The minimum atomic E-state index is -3.58. The number of aromatic nitrogens is 1. The van der Waals surface area contributed by atoms with Crippen molar-refractivity contribution in [1.82, 2.24) is 9.88 Å². The summed E-state index contributed by atoms with van der Waals surface area (Å²) in [5.41, 5.74) is 1.43. The molecule has 5 nitrogen and oxygen atoms in total. The lowest BCUT2D eigenvalue weighted by molar-refractivity contribution is -0.127. The zero-order valence-electron chi connectivity index (χ0n) is 14.8. The Morgan fingerprint density at radius 1 is 1.35 bits per heavy atom. The molecular weight excluding hydrogens is 375 g/mol. The number of carbonyl (C=O) groups excluding carboxylic acids is 1. The third-order valence-electron chi connectivity index (χ3n) is 4.42. The van der Waals surface area contributed by atoms with Gasteiger partial charge >= 0.3 is 0 Å². The summed E-state index contributed by atoms with van der Waals surface area (Å²) < 4.78 is 37.2. The van der Waals surface area contributed by atoms with Crippen LogP contribution in [0.5, 0.6) is 0 Å². The van der Waals surface area contributed by atoms with E-state index in [4.69, 9.17) is 0 Å². The molecule has 0 bridgehead atoms. The van der Waals surface area contributed by atoms with Gasteiger partial charge in [-0.05, 0) is 37.5 Å². The SMILES string of the molecule is Cc1nc(CCCN2CCCC2=O)sc1-c1ccc(S(C)(=O)=O)c(F)c1. The van der Waals surface area contributed by atoms with Crippen LogP contribution in [0.15, 0.2) is 23.1 Å². The molecule has 1 saturated heterocycles. The van der Waals surface area contributed by atoms with Crippen molar-refractivity contribution in [1.29, 1.82) is 0 Å². The van der Waals surface area contributed by atoms with E-state index in [9.17, 15) is 17.6 Å². The first-order chi connectivity index (χ1) is 12.3. The minimum absolute atomic E-state index is 0.224. The van der Waals surface area contributed by atoms with Gasteiger partial charge in [-0.25, -0.2) is 17.8 Å². The second kappa shape index (κ2) is 7.44. The van der Waals surface area contributed by atoms with Gasteiger partial charge in [-0.2, -0.15) is 0 Å². The van der Waals surface area contributed by atoms with Crippen molar-refractivity contribution in [3.63, 3.8) is 0 Å². The summed E-state index contributed by atoms with van der Waals surface area (Å²) in [6.07, 6.45) is 4.19. The van der Waals surface area contributed by atoms with Crippen molar-refractivity contribution in [2.45, 2.75) is 37.5 Å². The molecule has 0 radical (unpaired) electrons. The summed E-state index contributed by atoms with van der Waals surface area (Å²) in [5.74, 6) is -0.519. The van der Waals surface area contributed by atoms with Crippen LogP contribution in [-0.4, -0.2) is 43.6 Å². The lowest BCUT2D eigenvalue weighted by atomic mass is 10.1. The lowest BCUT2D eigenvalue weighted by Crippen LogP contribution is -2.25. The van der Waals surface area contributed by atoms with Crippen LogP contribution in [0.3, 0.4) is 0 Å². The third-order valence-corrected chi connectivity index (χ3v) is 6.82. The van der Waals surface area contributed by atoms with Gasteiger partial charge in [0.15, 0.2) is 9.84 Å². The van der Waals surface area contributed by atoms with E-state index in [1.807, 2.05) is 11.8 Å². The molecule has 2 heterocycles. The maximum absolute atomic E-state index is 14.1. The molecule has 0 spiro atoms. The molecule has 0 unspecified atom stereocenters. The summed E-state index contributed by atoms with van der Waals surface area (Å²) in [6, 6.07) is 4.17. The number of nitrogens with zero attached hydrogens (tertiary/aromatic N) is 2. The normalized spacial score (nSPS) is 15.0. The summed E-state index contributed by atoms with van der Waals surface area (Å²) in [7, 11) is -3.58. The maximum atomic E-state index is 14.1. The first kappa shape index (κ1) is 19.0. The molecule has 1 aromatic heterocycles. The highest BCUT2D eigenvalue weighted by molar-refractivity contribution is 7.90. The molecule has 3 rings (SSSR count). The first-order valence-corrected chi connectivity index (χ1v) is 11.2. The van der Waals surface area contributed by atoms with Gasteiger partial charge in [-0.1, -0.05) is 6.07 Å². The molecule has 0 atom stereocenters. The van der Waals surface area contributed by atoms with Gasteiger partial charge in [0.25, 0.3) is 0 Å². The van der Waals surface area contributed by atoms with Crippen LogP contribution < -0.4 is 0 Å². The molecule has 0 saturated carbocycles. The van der Waals surface area contributed by atoms with E-state index in [2.05, 4.69) is 4.98 Å². The zero-order valence-corrected chi connectivity index (χ0v) is 16.4. The van der Waals surface area contributed by atoms with Crippen molar-refractivity contribution < 1.29 is 17.6 Å². The lowest BCUT2D eigenvalue weighted by Gasteiger charge is -2.14. The number of rotatable bonds is 6. The second-order valence-electron chi connectivity index (χ2n) is 6.53. The standard InChI is InChI=1S/C18H21FN2O3S2/c1-12-18(13-7-8-15(14(19)11-13)26(2,23)24)25-16(20-12)5-3-9-21-10-4-6-17(21)22/h7-8,11H,3-6,9-10H2,1-2H3. The number of hydrogen-bond acceptors (Lipinski definition) is 5. The Balaban J connectivity index is 1.72. The van der Waals surface area contributed by atoms with E-state index in [1.54, 1.807) is 6.07 Å². The number of halogens is 1. The Morgan fingerprint density at radius 3 is 2.73 bits per heavy atom. The van der Waals surface area contributed by atoms with Crippen molar-refractivity contribution >= 4 is 27.1 Å². The highest BCUT2D eigenvalue weighted by Crippen LogP contribution is 2.32. The van der Waals surface area contributed by atoms with Crippen molar-refractivity contribution in [3.8, 4) is 10.4 Å². The Kier molecular flexibility index (Phi) is 5.43. The molecule has 1 aliphatic rings. The number of likely N-dealkylation sites (tertiary alicyclic amines) is 1. The fraction of sp³-hybridized carbons (Fsp3) is 0.444. The molecule has 8 heteroatoms. The van der Waals surface area contributed by atoms with E-state index < -0.39 is 15.7 Å². The van der Waals surface area contributed by atoms with Gasteiger partial charge in [-0.15, -0.1) is 11.3 Å². The van der Waals surface area contributed by atoms with Gasteiger partial charge in [0.1, 0.15) is 10.7 Å². The van der Waals surface area contributed by atoms with Gasteiger partial charge in [-0.3, -0.25) is 4.79 Å². The average molecular weight is 397 g/mol. The maximum Gasteiger partial charge on any atom is 0.222 e. The Morgan fingerprint density at radius 2 is 2.12 bits per heavy atom. The molecule has 140 valence electrons. The number of sulfone groups is 1. The largest absolute Gasteiger partial charge is 0.343 e. The highest BCUT2D eigenvalue weighted by atomic mass is 32.2. The predicted octanol–water partition coefficient (Wildman–Crippen LogP) is 3.22. The molecule has 1 amide bonds. The Hall–Kier alpha value is -1.80. The van der Waals surface area contributed by atoms with Crippen molar-refractivity contribution in [2.24, 2.45) is 0 Å². The summed E-state index contributed by atoms with van der Waals surface area (Å²) in [4.78, 5) is 18.6. The fourth-order valence-corrected chi connectivity index (χ4v) is 4.96. The van der Waals surface area contributed by atoms with Crippen LogP contribution >= 0.6 is 11.3 Å². The van der Waals surface area contributed by atoms with Crippen LogP contribution in [0.2, 0.25) is 0 Å². The van der Waals surface area contributed by atoms with E-state index in [0.717, 1.165) is 54.2 Å². The summed E-state index contributed by atoms with van der Waals surface area (Å²) in [5, 5.41) is 0.941. The van der Waals surface area contributed by atoms with Gasteiger partial charge in [0, 0.05) is 32.2 Å². The molecule has 2 aromatic rings. The van der Waals surface area contributed by atoms with Crippen molar-refractivity contribution in [3.05, 3.63) is 34.7 Å². The number of hydrogen-bond donors (Lipinski definition) is 0. The van der Waals surface area contributed by atoms with Crippen LogP contribution in [0, 0.1) is 12.7 Å². The van der Waals surface area contributed by atoms with Crippen LogP contribution in [0.25, 0.3) is 10.4 Å². The van der Waals surface area contributed by atoms with Gasteiger partial charge in [0.05, 0.1) is 15.6 Å². The molecule has 1 aromatic carbocycles. The predicted molar refractivity (Wildman–Crippen MR) is 99.5 cm³/mol. The number of carbonyl (C=O) groups is 1. The van der Waals surface area contributed by atoms with E-state index >= 15 is 0 Å². The third kappa shape index (κ3) is 4.12. The highest BCUT2D eigenvalue weighted by Gasteiger charge is 2.20. The van der Waals surface area contributed by atoms with Crippen LogP contribution in [0.4, 0.5) is 4.39 Å². The topological polar surface area (TPSA) is 67.3 Å². The van der Waals surface area contributed by atoms with Gasteiger partial charge in [0.2, 0.25) is 5.91 Å².